The van der Waals surface area contributed by atoms with Gasteiger partial charge in [-0.05, 0) is 25.0 Å². The molecule has 2 heterocycles. The van der Waals surface area contributed by atoms with E-state index in [0.29, 0.717) is 0 Å². The monoisotopic (exact) mass is 371 g/mol. The number of imidazole rings is 1. The van der Waals surface area contributed by atoms with E-state index in [1.165, 1.54) is 0 Å². The molecule has 0 saturated heterocycles. The van der Waals surface area contributed by atoms with E-state index in [0.717, 1.165) is 0 Å². The topological polar surface area (TPSA) is 83.1 Å². The maximum absolute atomic E-state index is 13.1. The lowest BCUT2D eigenvalue weighted by Crippen LogP contribution is -2.10. The van der Waals surface area contributed by atoms with Gasteiger partial charge in [0.1, 0.15) is 5.75 Å². The number of pyridine rings is 1. The molecule has 0 saturated carbocycles. The molecule has 0 aliphatic heterocycles. The third-order valence-electron chi connectivity index (χ3n) is 3.11. The zero-order valence-electron chi connectivity index (χ0n) is 24.9. The molecule has 0 amide bonds. The molecule has 2 aromatic heterocycles. The molecule has 0 bridgehead atoms. The van der Waals surface area contributed by atoms with Crippen molar-refractivity contribution in [2.24, 2.45) is 0 Å². The van der Waals surface area contributed by atoms with E-state index < -0.39 is 78.5 Å². The highest BCUT2D eigenvalue weighted by Crippen LogP contribution is 2.24. The van der Waals surface area contributed by atoms with Gasteiger partial charge in [0.2, 0.25) is 0 Å². The van der Waals surface area contributed by atoms with Gasteiger partial charge in [0.15, 0.2) is 5.75 Å². The van der Waals surface area contributed by atoms with Crippen LogP contribution in [0.3, 0.4) is 0 Å². The number of nitrogens with one attached hydrogen (secondary N) is 1. The van der Waals surface area contributed by atoms with Crippen LogP contribution in [0.25, 0.3) is 11.0 Å². The molecule has 0 aliphatic rings. The highest BCUT2D eigenvalue weighted by molar-refractivity contribution is 7.90. The second kappa shape index (κ2) is 8.33. The first kappa shape index (κ1) is 8.07. The van der Waals surface area contributed by atoms with Gasteiger partial charge in [0, 0.05) is 47.1 Å². The fraction of sp³-hybridized carbons (Fsp3) is 0.333. The van der Waals surface area contributed by atoms with Crippen molar-refractivity contribution in [1.29, 1.82) is 0 Å². The summed E-state index contributed by atoms with van der Waals surface area (Å²) in [5, 5.41) is -0.258. The van der Waals surface area contributed by atoms with Gasteiger partial charge >= 0.3 is 5.16 Å². The van der Waals surface area contributed by atoms with Gasteiger partial charge < -0.3 is 14.0 Å². The standard InChI is InChI=1S/C18H21N3O3S/c1-13-16(19-9-8-17(13)24-11-5-10-23-2)12-25(22)18-20-14-6-3-4-7-15(14)21-18/h3-4,6-9H,5,10-12H2,1-2H3,(H,20,21)/i1D3,2D3,3D,4D,6D,7D,8D,9D. The molecule has 132 valence electrons. The first-order valence-corrected chi connectivity index (χ1v) is 8.46. The van der Waals surface area contributed by atoms with Gasteiger partial charge in [0.05, 0.1) is 35.7 Å². The number of benzene rings is 1. The highest BCUT2D eigenvalue weighted by Gasteiger charge is 2.20. The van der Waals surface area contributed by atoms with Crippen molar-refractivity contribution in [3.8, 4) is 5.75 Å². The summed E-state index contributed by atoms with van der Waals surface area (Å²) >= 11 is -2.13. The van der Waals surface area contributed by atoms with Crippen LogP contribution < -0.4 is 4.74 Å². The number of ether oxygens (including phenoxy) is 2. The smallest absolute Gasteiger partial charge is 0.322 e. The van der Waals surface area contributed by atoms with Gasteiger partial charge in [-0.15, -0.1) is 0 Å². The summed E-state index contributed by atoms with van der Waals surface area (Å²) in [7, 11) is -2.62. The van der Waals surface area contributed by atoms with Crippen molar-refractivity contribution < 1.29 is 30.5 Å². The second-order valence-corrected chi connectivity index (χ2v) is 6.17. The number of rotatable bonds is 8. The average Bonchev–Trinajstić information content (AvgIpc) is 3.23. The predicted molar refractivity (Wildman–Crippen MR) is 97.2 cm³/mol. The Morgan fingerprint density at radius 1 is 1.32 bits per heavy atom. The second-order valence-electron chi connectivity index (χ2n) is 4.81. The maximum atomic E-state index is 13.1. The van der Waals surface area contributed by atoms with E-state index >= 15 is 0 Å². The minimum absolute atomic E-state index is 0.0368. The summed E-state index contributed by atoms with van der Waals surface area (Å²) in [4.78, 5) is 10.4. The lowest BCUT2D eigenvalue weighted by Gasteiger charge is -2.12. The molecule has 0 aliphatic carbocycles. The zero-order chi connectivity index (χ0) is 27.9. The Morgan fingerprint density at radius 2 is 2.24 bits per heavy atom. The Hall–Kier alpha value is -2.09. The van der Waals surface area contributed by atoms with Crippen LogP contribution in [0.2, 0.25) is 0 Å². The van der Waals surface area contributed by atoms with E-state index in [1.54, 1.807) is 0 Å². The Morgan fingerprint density at radius 3 is 3.12 bits per heavy atom. The summed E-state index contributed by atoms with van der Waals surface area (Å²) in [6, 6.07) is -2.52. The fourth-order valence-electron chi connectivity index (χ4n) is 1.93. The number of aromatic amines is 1. The number of methoxy groups -OCH3 is 1. The number of hydrogen-bond acceptors (Lipinski definition) is 5. The molecule has 3 rings (SSSR count). The molecule has 6 nitrogen and oxygen atoms in total. The van der Waals surface area contributed by atoms with Crippen molar-refractivity contribution in [3.05, 3.63) is 47.6 Å². The first-order chi connectivity index (χ1) is 17.0. The molecule has 0 spiro atoms. The Balaban J connectivity index is 1.95. The summed E-state index contributed by atoms with van der Waals surface area (Å²) in [6.07, 6.45) is -0.604. The van der Waals surface area contributed by atoms with Crippen molar-refractivity contribution in [2.45, 2.75) is 24.2 Å². The maximum Gasteiger partial charge on any atom is 0.322 e. The number of hydrogen-bond donors (Lipinski definition) is 1. The predicted octanol–water partition coefficient (Wildman–Crippen LogP) is 2.99. The van der Waals surface area contributed by atoms with Crippen LogP contribution in [-0.4, -0.2) is 39.8 Å². The molecular formula is C18H21N3O3S. The molecule has 7 heteroatoms. The Kier molecular flexibility index (Phi) is 2.69. The van der Waals surface area contributed by atoms with Crippen LogP contribution >= 0.6 is 0 Å². The lowest BCUT2D eigenvalue weighted by molar-refractivity contribution is 0.172. The van der Waals surface area contributed by atoms with Crippen LogP contribution in [-0.2, 0) is 21.7 Å². The number of para-hydroxylation sites is 2. The quantitative estimate of drug-likeness (QED) is 0.486. The van der Waals surface area contributed by atoms with E-state index in [9.17, 15) is 4.55 Å². The lowest BCUT2D eigenvalue weighted by atomic mass is 10.2. The van der Waals surface area contributed by atoms with Crippen molar-refractivity contribution in [3.63, 3.8) is 0 Å². The third-order valence-corrected chi connectivity index (χ3v) is 4.27. The molecular weight excluding hydrogens is 338 g/mol. The van der Waals surface area contributed by atoms with Crippen LogP contribution in [0.5, 0.6) is 5.75 Å². The molecule has 25 heavy (non-hydrogen) atoms. The molecule has 3 aromatic rings. The van der Waals surface area contributed by atoms with Gasteiger partial charge in [-0.2, -0.15) is 4.98 Å². The summed E-state index contributed by atoms with van der Waals surface area (Å²) in [5.74, 6) is -1.06. The molecule has 1 unspecified atom stereocenters. The van der Waals surface area contributed by atoms with Crippen molar-refractivity contribution in [1.82, 2.24) is 15.0 Å². The van der Waals surface area contributed by atoms with Crippen LogP contribution in [0.15, 0.2) is 41.5 Å². The van der Waals surface area contributed by atoms with Crippen molar-refractivity contribution >= 4 is 22.2 Å². The molecule has 0 fully saturated rings. The van der Waals surface area contributed by atoms with E-state index in [2.05, 4.69) is 19.7 Å². The third kappa shape index (κ3) is 4.31. The Bertz CT molecular complexity index is 1270. The van der Waals surface area contributed by atoms with Gasteiger partial charge in [-0.25, -0.2) is 0 Å². The van der Waals surface area contributed by atoms with E-state index in [1.807, 2.05) is 0 Å². The summed E-state index contributed by atoms with van der Waals surface area (Å²) in [6.45, 7) is -3.36. The van der Waals surface area contributed by atoms with E-state index in [-0.39, 0.29) is 41.5 Å². The van der Waals surface area contributed by atoms with Gasteiger partial charge in [0.25, 0.3) is 0 Å². The largest absolute Gasteiger partial charge is 0.609 e. The molecule has 1 aromatic carbocycles. The molecule has 1 N–H and O–H groups in total. The Labute approximate surface area is 166 Å². The first-order valence-electron chi connectivity index (χ1n) is 13.1. The van der Waals surface area contributed by atoms with Crippen LogP contribution in [0.4, 0.5) is 0 Å². The summed E-state index contributed by atoms with van der Waals surface area (Å²) in [5.41, 5.74) is -1.10. The summed E-state index contributed by atoms with van der Waals surface area (Å²) < 4.78 is 115. The normalized spacial score (nSPS) is 20.4. The zero-order valence-corrected chi connectivity index (χ0v) is 13.7. The minimum Gasteiger partial charge on any atom is -0.609 e. The number of aromatic nitrogens is 3. The van der Waals surface area contributed by atoms with Crippen LogP contribution in [0.1, 0.15) is 34.1 Å². The fourth-order valence-corrected chi connectivity index (χ4v) is 2.93. The number of nitrogens with zero attached hydrogens (tertiary/aromatic N) is 2. The van der Waals surface area contributed by atoms with Gasteiger partial charge in [-0.3, -0.25) is 9.97 Å². The minimum atomic E-state index is -2.89. The molecule has 1 atom stereocenters. The highest BCUT2D eigenvalue weighted by atomic mass is 32.2. The van der Waals surface area contributed by atoms with Gasteiger partial charge in [-0.1, -0.05) is 12.1 Å². The van der Waals surface area contributed by atoms with E-state index in [4.69, 9.17) is 21.2 Å². The number of H-pyrrole nitrogens is 1. The number of fused-ring (bicyclic) bond motifs is 1. The SMILES string of the molecule is [2H]c1nc(C[S+]([O-])c2nc3c([2H])c([2H])c([2H])c([2H])c3[nH]2)c(C([2H])([2H])[2H])c(OCCCOC([2H])([2H])[2H])c1[2H]. The van der Waals surface area contributed by atoms with Crippen molar-refractivity contribution in [2.75, 3.05) is 20.3 Å². The average molecular weight is 372 g/mol. The molecule has 0 radical (unpaired) electrons. The van der Waals surface area contributed by atoms with Crippen LogP contribution in [0, 0.1) is 6.85 Å².